The molecular weight excluding hydrogens is 388 g/mol. The maximum Gasteiger partial charge on any atom is 0.268 e. The molecule has 3 aromatic rings. The second-order valence-electron chi connectivity index (χ2n) is 6.09. The van der Waals surface area contributed by atoms with Crippen LogP contribution >= 0.6 is 0 Å². The molecule has 1 aromatic heterocycles. The van der Waals surface area contributed by atoms with E-state index < -0.39 is 32.5 Å². The Morgan fingerprint density at radius 2 is 1.68 bits per heavy atom. The van der Waals surface area contributed by atoms with Crippen molar-refractivity contribution in [2.75, 3.05) is 0 Å². The number of para-hydroxylation sites is 1. The van der Waals surface area contributed by atoms with Crippen LogP contribution in [0.2, 0.25) is 0 Å². The summed E-state index contributed by atoms with van der Waals surface area (Å²) in [5.41, 5.74) is 4.49. The van der Waals surface area contributed by atoms with Crippen LogP contribution in [0.25, 0.3) is 5.69 Å². The predicted octanol–water partition coefficient (Wildman–Crippen LogP) is 3.00. The lowest BCUT2D eigenvalue weighted by Crippen LogP contribution is -2.42. The first-order valence-electron chi connectivity index (χ1n) is 8.22. The highest BCUT2D eigenvalue weighted by atomic mass is 32.2. The Labute approximate surface area is 160 Å². The molecule has 2 aromatic carbocycles. The SMILES string of the molecule is Cc1cc(C(=O)NNS(=O)(=O)c2cc(F)ccc2F)c(C)n1-c1ccccc1. The molecule has 0 radical (unpaired) electrons. The van der Waals surface area contributed by atoms with E-state index in [-0.39, 0.29) is 5.56 Å². The van der Waals surface area contributed by atoms with Crippen molar-refractivity contribution in [3.05, 3.63) is 83.2 Å². The summed E-state index contributed by atoms with van der Waals surface area (Å²) < 4.78 is 53.2. The molecule has 0 unspecified atom stereocenters. The summed E-state index contributed by atoms with van der Waals surface area (Å²) in [4.78, 5) is 13.4. The minimum absolute atomic E-state index is 0.240. The number of aromatic nitrogens is 1. The third kappa shape index (κ3) is 3.80. The Balaban J connectivity index is 1.84. The van der Waals surface area contributed by atoms with Crippen LogP contribution in [0.4, 0.5) is 8.78 Å². The lowest BCUT2D eigenvalue weighted by atomic mass is 10.2. The minimum atomic E-state index is -4.49. The molecule has 0 fully saturated rings. The molecule has 1 heterocycles. The van der Waals surface area contributed by atoms with Gasteiger partial charge in [-0.25, -0.2) is 17.2 Å². The molecule has 0 bridgehead atoms. The molecule has 0 atom stereocenters. The predicted molar refractivity (Wildman–Crippen MR) is 99.4 cm³/mol. The number of nitrogens with zero attached hydrogens (tertiary/aromatic N) is 1. The summed E-state index contributed by atoms with van der Waals surface area (Å²) in [7, 11) is -4.49. The first-order valence-corrected chi connectivity index (χ1v) is 9.70. The van der Waals surface area contributed by atoms with Gasteiger partial charge in [-0.05, 0) is 50.2 Å². The minimum Gasteiger partial charge on any atom is -0.318 e. The number of rotatable bonds is 5. The van der Waals surface area contributed by atoms with E-state index >= 15 is 0 Å². The van der Waals surface area contributed by atoms with E-state index in [2.05, 4.69) is 0 Å². The number of aryl methyl sites for hydroxylation is 1. The molecule has 2 N–H and O–H groups in total. The van der Waals surface area contributed by atoms with Crippen molar-refractivity contribution in [3.63, 3.8) is 0 Å². The maximum absolute atomic E-state index is 13.7. The van der Waals surface area contributed by atoms with E-state index in [1.165, 1.54) is 0 Å². The summed E-state index contributed by atoms with van der Waals surface area (Å²) in [5.74, 6) is -2.78. The largest absolute Gasteiger partial charge is 0.318 e. The van der Waals surface area contributed by atoms with Crippen LogP contribution in [0.15, 0.2) is 59.5 Å². The Bertz CT molecular complexity index is 1140. The summed E-state index contributed by atoms with van der Waals surface area (Å²) in [5, 5.41) is 0. The molecule has 0 aliphatic heterocycles. The first kappa shape index (κ1) is 19.7. The number of carbonyl (C=O) groups is 1. The molecule has 0 saturated heterocycles. The van der Waals surface area contributed by atoms with Crippen molar-refractivity contribution in [1.82, 2.24) is 14.8 Å². The smallest absolute Gasteiger partial charge is 0.268 e. The molecule has 9 heteroatoms. The van der Waals surface area contributed by atoms with Crippen LogP contribution in [0, 0.1) is 25.5 Å². The number of hydrazine groups is 1. The molecule has 0 spiro atoms. The quantitative estimate of drug-likeness (QED) is 0.641. The van der Waals surface area contributed by atoms with Crippen LogP contribution in [0.5, 0.6) is 0 Å². The van der Waals surface area contributed by atoms with Crippen LogP contribution < -0.4 is 10.3 Å². The maximum atomic E-state index is 13.7. The van der Waals surface area contributed by atoms with Gasteiger partial charge in [-0.1, -0.05) is 18.2 Å². The molecule has 0 aliphatic rings. The number of nitrogens with one attached hydrogen (secondary N) is 2. The van der Waals surface area contributed by atoms with Gasteiger partial charge in [0.25, 0.3) is 15.9 Å². The molecular formula is C19H17F2N3O3S. The van der Waals surface area contributed by atoms with E-state index in [4.69, 9.17) is 0 Å². The zero-order valence-electron chi connectivity index (χ0n) is 15.0. The lowest BCUT2D eigenvalue weighted by Gasteiger charge is -2.11. The fourth-order valence-electron chi connectivity index (χ4n) is 2.89. The lowest BCUT2D eigenvalue weighted by molar-refractivity contribution is 0.0944. The molecule has 146 valence electrons. The second-order valence-corrected chi connectivity index (χ2v) is 7.74. The standard InChI is InChI=1S/C19H17F2N3O3S/c1-12-10-16(13(2)24(12)15-6-4-3-5-7-15)19(25)22-23-28(26,27)18-11-14(20)8-9-17(18)21/h3-11,23H,1-2H3,(H,22,25). The fraction of sp³-hybridized carbons (Fsp3) is 0.105. The van der Waals surface area contributed by atoms with E-state index in [1.54, 1.807) is 17.8 Å². The molecule has 1 amide bonds. The Hall–Kier alpha value is -3.04. The number of carbonyl (C=O) groups excluding carboxylic acids is 1. The summed E-state index contributed by atoms with van der Waals surface area (Å²) in [6, 6.07) is 13.0. The van der Waals surface area contributed by atoms with Crippen LogP contribution in [0.3, 0.4) is 0 Å². The second kappa shape index (κ2) is 7.53. The fourth-order valence-corrected chi connectivity index (χ4v) is 3.82. The number of amides is 1. The van der Waals surface area contributed by atoms with Crippen molar-refractivity contribution < 1.29 is 22.0 Å². The highest BCUT2D eigenvalue weighted by Crippen LogP contribution is 2.21. The van der Waals surface area contributed by atoms with Crippen LogP contribution in [-0.2, 0) is 10.0 Å². The number of halogens is 2. The van der Waals surface area contributed by atoms with Crippen molar-refractivity contribution in [2.45, 2.75) is 18.7 Å². The van der Waals surface area contributed by atoms with Crippen molar-refractivity contribution in [2.24, 2.45) is 0 Å². The number of hydrogen-bond donors (Lipinski definition) is 2. The molecule has 28 heavy (non-hydrogen) atoms. The van der Waals surface area contributed by atoms with Crippen LogP contribution in [0.1, 0.15) is 21.7 Å². The average molecular weight is 405 g/mol. The summed E-state index contributed by atoms with van der Waals surface area (Å²) in [6.45, 7) is 3.53. The number of hydrogen-bond acceptors (Lipinski definition) is 3. The number of sulfonamides is 1. The van der Waals surface area contributed by atoms with Crippen molar-refractivity contribution in [3.8, 4) is 5.69 Å². The highest BCUT2D eigenvalue weighted by Gasteiger charge is 2.22. The third-order valence-corrected chi connectivity index (χ3v) is 5.43. The summed E-state index contributed by atoms with van der Waals surface area (Å²) >= 11 is 0. The van der Waals surface area contributed by atoms with E-state index in [0.717, 1.165) is 17.4 Å². The molecule has 6 nitrogen and oxygen atoms in total. The van der Waals surface area contributed by atoms with Gasteiger partial charge >= 0.3 is 0 Å². The van der Waals surface area contributed by atoms with Gasteiger partial charge in [0.1, 0.15) is 16.5 Å². The van der Waals surface area contributed by atoms with Crippen molar-refractivity contribution in [1.29, 1.82) is 0 Å². The van der Waals surface area contributed by atoms with E-state index in [9.17, 15) is 22.0 Å². The topological polar surface area (TPSA) is 80.2 Å². The Kier molecular flexibility index (Phi) is 5.30. The van der Waals surface area contributed by atoms with Gasteiger partial charge in [-0.3, -0.25) is 10.2 Å². The van der Waals surface area contributed by atoms with Gasteiger partial charge in [0.05, 0.1) is 5.56 Å². The Morgan fingerprint density at radius 3 is 2.36 bits per heavy atom. The first-order chi connectivity index (χ1) is 13.2. The monoisotopic (exact) mass is 405 g/mol. The van der Waals surface area contributed by atoms with Gasteiger partial charge in [-0.15, -0.1) is 4.83 Å². The third-order valence-electron chi connectivity index (χ3n) is 4.17. The average Bonchev–Trinajstić information content (AvgIpc) is 2.96. The van der Waals surface area contributed by atoms with E-state index in [1.807, 2.05) is 47.2 Å². The highest BCUT2D eigenvalue weighted by molar-refractivity contribution is 7.89. The molecule has 3 rings (SSSR count). The van der Waals surface area contributed by atoms with Crippen molar-refractivity contribution >= 4 is 15.9 Å². The Morgan fingerprint density at radius 1 is 1.00 bits per heavy atom. The van der Waals surface area contributed by atoms with Gasteiger partial charge in [0.15, 0.2) is 0 Å². The number of benzene rings is 2. The molecule has 0 saturated carbocycles. The van der Waals surface area contributed by atoms with Gasteiger partial charge < -0.3 is 4.57 Å². The zero-order valence-corrected chi connectivity index (χ0v) is 15.8. The summed E-state index contributed by atoms with van der Waals surface area (Å²) in [6.07, 6.45) is 0. The van der Waals surface area contributed by atoms with Gasteiger partial charge in [0, 0.05) is 17.1 Å². The zero-order chi connectivity index (χ0) is 20.5. The van der Waals surface area contributed by atoms with Gasteiger partial charge in [-0.2, -0.15) is 0 Å². The van der Waals surface area contributed by atoms with Crippen LogP contribution in [-0.4, -0.2) is 18.9 Å². The molecule has 0 aliphatic carbocycles. The normalized spacial score (nSPS) is 11.4. The van der Waals surface area contributed by atoms with E-state index in [0.29, 0.717) is 17.8 Å². The van der Waals surface area contributed by atoms with Gasteiger partial charge in [0.2, 0.25) is 0 Å².